The molecule has 0 unspecified atom stereocenters. The monoisotopic (exact) mass is 536 g/mol. The van der Waals surface area contributed by atoms with Gasteiger partial charge in [-0.2, -0.15) is 4.37 Å². The second kappa shape index (κ2) is 9.88. The predicted molar refractivity (Wildman–Crippen MR) is 145 cm³/mol. The van der Waals surface area contributed by atoms with Crippen LogP contribution in [0, 0.1) is 35.5 Å². The summed E-state index contributed by atoms with van der Waals surface area (Å²) in [5.41, 5.74) is 0. The smallest absolute Gasteiger partial charge is 0.233 e. The van der Waals surface area contributed by atoms with Crippen LogP contribution in [0.3, 0.4) is 0 Å². The zero-order valence-electron chi connectivity index (χ0n) is 28.1. The Morgan fingerprint density at radius 2 is 1.53 bits per heavy atom. The largest absolute Gasteiger partial charge is 0.353 e. The van der Waals surface area contributed by atoms with Crippen molar-refractivity contribution in [2.75, 3.05) is 44.0 Å². The number of benzene rings is 1. The molecule has 0 N–H and O–H groups in total. The summed E-state index contributed by atoms with van der Waals surface area (Å²) in [4.78, 5) is 29.6. The van der Waals surface area contributed by atoms with Crippen molar-refractivity contribution in [3.8, 4) is 0 Å². The minimum Gasteiger partial charge on any atom is -0.353 e. The number of imide groups is 1. The highest BCUT2D eigenvalue weighted by Gasteiger charge is 2.61. The quantitative estimate of drug-likeness (QED) is 0.519. The maximum absolute atomic E-state index is 13.4. The number of piperazine rings is 1. The summed E-state index contributed by atoms with van der Waals surface area (Å²) >= 11 is 1.02. The van der Waals surface area contributed by atoms with E-state index in [0.29, 0.717) is 27.8 Å². The molecule has 5 fully saturated rings. The molecule has 1 aromatic heterocycles. The van der Waals surface area contributed by atoms with Gasteiger partial charge in [-0.3, -0.25) is 19.4 Å². The van der Waals surface area contributed by atoms with Gasteiger partial charge in [-0.25, -0.2) is 0 Å². The highest BCUT2D eigenvalue weighted by atomic mass is 35.5. The number of rotatable bonds is 5. The molecule has 36 heavy (non-hydrogen) atoms. The number of anilines is 1. The Bertz CT molecular complexity index is 1420. The van der Waals surface area contributed by atoms with Crippen LogP contribution in [0.15, 0.2) is 24.3 Å². The number of amides is 2. The molecule has 3 aliphatic carbocycles. The fourth-order valence-electron chi connectivity index (χ4n) is 7.39. The van der Waals surface area contributed by atoms with Crippen molar-refractivity contribution in [3.05, 3.63) is 24.3 Å². The molecular weight excluding hydrogens is 492 g/mol. The summed E-state index contributed by atoms with van der Waals surface area (Å²) in [5, 5.41) is 0.422. The summed E-state index contributed by atoms with van der Waals surface area (Å²) in [5.74, 6) is -0.817. The van der Waals surface area contributed by atoms with Gasteiger partial charge in [-0.1, -0.05) is 25.0 Å². The molecule has 2 saturated heterocycles. The lowest BCUT2D eigenvalue weighted by Crippen LogP contribution is -2.49. The Morgan fingerprint density at radius 1 is 0.889 bits per heavy atom. The van der Waals surface area contributed by atoms with Crippen LogP contribution < -0.4 is 4.90 Å². The molecule has 2 amide bonds. The fourth-order valence-corrected chi connectivity index (χ4v) is 8.15. The van der Waals surface area contributed by atoms with E-state index in [1.165, 1.54) is 4.90 Å². The summed E-state index contributed by atoms with van der Waals surface area (Å²) in [7, 11) is 0. The average Bonchev–Trinajstić information content (AvgIpc) is 3.72. The van der Waals surface area contributed by atoms with Crippen LogP contribution in [0.2, 0.25) is 0 Å². The lowest BCUT2D eigenvalue weighted by Gasteiger charge is -2.40. The van der Waals surface area contributed by atoms with Gasteiger partial charge in [0.25, 0.3) is 0 Å². The topological polar surface area (TPSA) is 56.8 Å². The van der Waals surface area contributed by atoms with Gasteiger partial charge in [0.1, 0.15) is 5.82 Å². The number of aromatic nitrogens is 1. The van der Waals surface area contributed by atoms with Crippen LogP contribution in [0.5, 0.6) is 0 Å². The first-order valence-electron chi connectivity index (χ1n) is 17.0. The Balaban J connectivity index is 0.00000343. The molecular formula is C28H37ClN4O2S. The zero-order valence-corrected chi connectivity index (χ0v) is 21.7. The van der Waals surface area contributed by atoms with E-state index in [-0.39, 0.29) is 78.6 Å². The predicted octanol–water partition coefficient (Wildman–Crippen LogP) is 4.68. The van der Waals surface area contributed by atoms with Crippen molar-refractivity contribution in [2.45, 2.75) is 44.9 Å². The molecule has 5 aliphatic rings. The zero-order chi connectivity index (χ0) is 30.7. The Kier molecular flexibility index (Phi) is 4.67. The first-order chi connectivity index (χ1) is 20.2. The second-order valence-electron chi connectivity index (χ2n) is 10.9. The third kappa shape index (κ3) is 4.06. The summed E-state index contributed by atoms with van der Waals surface area (Å²) in [6.07, 6.45) is 5.86. The maximum atomic E-state index is 13.4. The van der Waals surface area contributed by atoms with Gasteiger partial charge in [0.2, 0.25) is 11.8 Å². The van der Waals surface area contributed by atoms with Gasteiger partial charge < -0.3 is 4.90 Å². The van der Waals surface area contributed by atoms with Crippen molar-refractivity contribution < 1.29 is 20.6 Å². The molecule has 0 spiro atoms. The highest BCUT2D eigenvalue weighted by molar-refractivity contribution is 7.13. The molecule has 194 valence electrons. The number of hydrogen-bond acceptors (Lipinski definition) is 6. The molecule has 1 aromatic carbocycles. The number of nitrogens with zero attached hydrogens (tertiary/aromatic N) is 4. The van der Waals surface area contributed by atoms with Crippen LogP contribution >= 0.6 is 23.9 Å². The van der Waals surface area contributed by atoms with Crippen molar-refractivity contribution in [3.63, 3.8) is 0 Å². The highest BCUT2D eigenvalue weighted by Crippen LogP contribution is 2.56. The molecule has 6 nitrogen and oxygen atoms in total. The van der Waals surface area contributed by atoms with Crippen LogP contribution in [0.1, 0.15) is 55.9 Å². The van der Waals surface area contributed by atoms with E-state index < -0.39 is 26.0 Å². The van der Waals surface area contributed by atoms with Gasteiger partial charge in [0.05, 0.1) is 22.0 Å². The van der Waals surface area contributed by atoms with Crippen molar-refractivity contribution in [1.82, 2.24) is 14.2 Å². The number of fused-ring (bicyclic) bond motifs is 6. The summed E-state index contributed by atoms with van der Waals surface area (Å²) in [6.45, 7) is -12.0. The first kappa shape index (κ1) is 17.0. The van der Waals surface area contributed by atoms with E-state index in [0.717, 1.165) is 48.5 Å². The lowest BCUT2D eigenvalue weighted by molar-refractivity contribution is -0.142. The normalized spacial score (nSPS) is 43.3. The third-order valence-corrected chi connectivity index (χ3v) is 9.90. The third-order valence-electron chi connectivity index (χ3n) is 9.08. The van der Waals surface area contributed by atoms with E-state index in [1.807, 2.05) is 0 Å². The molecule has 2 aliphatic heterocycles. The molecule has 8 heteroatoms. The van der Waals surface area contributed by atoms with E-state index in [4.69, 9.17) is 11.0 Å². The summed E-state index contributed by atoms with van der Waals surface area (Å²) < 4.78 is 76.7. The average molecular weight is 537 g/mol. The SMILES string of the molecule is Cl.[2H]C1([2H])N(C[C@@H]2CCCC[C@H]2CN2C(=O)[C@@H]3[C@H]4CC[C@H](C4)[C@@H]3C2=O)C([2H])([2H])C([2H])([2H])N(c2nsc3ccccc23)C1([2H])[2H]. The van der Waals surface area contributed by atoms with Gasteiger partial charge in [0.15, 0.2) is 0 Å². The number of carbonyl (C=O) groups excluding carboxylic acids is 2. The Labute approximate surface area is 235 Å². The lowest BCUT2D eigenvalue weighted by atomic mass is 9.78. The second-order valence-corrected chi connectivity index (χ2v) is 11.7. The molecule has 7 rings (SSSR count). The fraction of sp³-hybridized carbons (Fsp3) is 0.679. The van der Waals surface area contributed by atoms with Gasteiger partial charge >= 0.3 is 0 Å². The Hall–Kier alpha value is -1.70. The van der Waals surface area contributed by atoms with E-state index in [9.17, 15) is 9.59 Å². The Morgan fingerprint density at radius 3 is 2.22 bits per heavy atom. The first-order valence-corrected chi connectivity index (χ1v) is 13.7. The van der Waals surface area contributed by atoms with Crippen LogP contribution in [0.4, 0.5) is 5.82 Å². The minimum absolute atomic E-state index is 0. The molecule has 3 saturated carbocycles. The number of likely N-dealkylation sites (tertiary alicyclic amines) is 1. The molecule has 3 heterocycles. The van der Waals surface area contributed by atoms with Gasteiger partial charge in [-0.05, 0) is 79.4 Å². The van der Waals surface area contributed by atoms with Crippen LogP contribution in [0.25, 0.3) is 10.1 Å². The summed E-state index contributed by atoms with van der Waals surface area (Å²) in [6, 6.07) is 6.86. The van der Waals surface area contributed by atoms with Crippen molar-refractivity contribution >= 4 is 51.7 Å². The van der Waals surface area contributed by atoms with Gasteiger partial charge in [-0.15, -0.1) is 12.4 Å². The van der Waals surface area contributed by atoms with Crippen molar-refractivity contribution in [1.29, 1.82) is 0 Å². The van der Waals surface area contributed by atoms with Crippen LogP contribution in [-0.2, 0) is 9.59 Å². The number of halogens is 1. The number of hydrogen-bond donors (Lipinski definition) is 0. The van der Waals surface area contributed by atoms with Gasteiger partial charge in [0, 0.05) is 49.9 Å². The minimum atomic E-state index is -3.00. The number of carbonyl (C=O) groups is 2. The van der Waals surface area contributed by atoms with E-state index >= 15 is 0 Å². The molecule has 0 radical (unpaired) electrons. The van der Waals surface area contributed by atoms with Crippen molar-refractivity contribution in [2.24, 2.45) is 35.5 Å². The molecule has 2 aromatic rings. The van der Waals surface area contributed by atoms with Crippen LogP contribution in [-0.4, -0.2) is 65.1 Å². The standard InChI is InChI=1S/C28H36N4O2S.ClH/c33-27-24-18-9-10-19(15-18)25(24)28(34)32(27)17-21-6-2-1-5-20(21)16-30-11-13-31(14-12-30)26-22-7-3-4-8-23(22)35-29-26;/h3-4,7-8,18-21,24-25H,1-2,5-6,9-17H2;1H/t18-,19+,20-,21-,24+,25-;/m0./s1/i11D2,12D2,13D2,14D2;. The molecule has 2 bridgehead atoms. The van der Waals surface area contributed by atoms with E-state index in [2.05, 4.69) is 4.37 Å². The van der Waals surface area contributed by atoms with E-state index in [1.54, 1.807) is 24.3 Å². The maximum Gasteiger partial charge on any atom is 0.233 e. The molecule has 6 atom stereocenters.